The van der Waals surface area contributed by atoms with E-state index in [1.54, 1.807) is 6.07 Å². The Kier molecular flexibility index (Phi) is 6.23. The zero-order valence-electron chi connectivity index (χ0n) is 14.7. The van der Waals surface area contributed by atoms with Gasteiger partial charge in [0.25, 0.3) is 0 Å². The lowest BCUT2D eigenvalue weighted by atomic mass is 10.1. The van der Waals surface area contributed by atoms with Gasteiger partial charge < -0.3 is 19.5 Å². The van der Waals surface area contributed by atoms with Crippen molar-refractivity contribution in [3.05, 3.63) is 52.5 Å². The third-order valence-electron chi connectivity index (χ3n) is 4.00. The van der Waals surface area contributed by atoms with Crippen LogP contribution in [0.25, 0.3) is 0 Å². The molecule has 0 bridgehead atoms. The van der Waals surface area contributed by atoms with Crippen molar-refractivity contribution < 1.29 is 19.0 Å². The lowest BCUT2D eigenvalue weighted by molar-refractivity contribution is -0.120. The summed E-state index contributed by atoms with van der Waals surface area (Å²) in [5, 5.41) is 3.32. The van der Waals surface area contributed by atoms with Crippen molar-refractivity contribution in [1.29, 1.82) is 0 Å². The monoisotopic (exact) mass is 375 g/mol. The largest absolute Gasteiger partial charge is 0.491 e. The summed E-state index contributed by atoms with van der Waals surface area (Å²) >= 11 is 6.26. The number of amides is 1. The normalized spacial score (nSPS) is 13.0. The van der Waals surface area contributed by atoms with E-state index in [-0.39, 0.29) is 12.3 Å². The molecule has 2 aromatic rings. The van der Waals surface area contributed by atoms with E-state index in [0.29, 0.717) is 42.9 Å². The molecule has 1 N–H and O–H groups in total. The van der Waals surface area contributed by atoms with Crippen LogP contribution in [0.5, 0.6) is 17.2 Å². The minimum atomic E-state index is -0.0936. The van der Waals surface area contributed by atoms with Crippen LogP contribution in [0.15, 0.2) is 36.4 Å². The summed E-state index contributed by atoms with van der Waals surface area (Å²) in [5.74, 6) is 1.89. The molecule has 2 aromatic carbocycles. The van der Waals surface area contributed by atoms with Crippen molar-refractivity contribution in [2.24, 2.45) is 0 Å². The first-order valence-electron chi connectivity index (χ1n) is 8.66. The fraction of sp³-hybridized carbons (Fsp3) is 0.350. The topological polar surface area (TPSA) is 56.8 Å². The Bertz CT molecular complexity index is 778. The first-order valence-corrected chi connectivity index (χ1v) is 9.04. The molecule has 1 heterocycles. The summed E-state index contributed by atoms with van der Waals surface area (Å²) in [6.07, 6.45) is 1.03. The standard InChI is InChI=1S/C20H22ClNO4/c1-14-5-2-3-6-17(14)25-10-7-22-19(23)13-15-11-16(21)20-18(12-15)24-8-4-9-26-20/h2-3,5-6,11-12H,4,7-10,13H2,1H3,(H,22,23). The van der Waals surface area contributed by atoms with Crippen molar-refractivity contribution in [3.63, 3.8) is 0 Å². The van der Waals surface area contributed by atoms with Gasteiger partial charge in [0.2, 0.25) is 5.91 Å². The quantitative estimate of drug-likeness (QED) is 0.784. The van der Waals surface area contributed by atoms with E-state index in [0.717, 1.165) is 23.3 Å². The molecule has 0 fully saturated rings. The number of rotatable bonds is 6. The second-order valence-electron chi connectivity index (χ2n) is 6.10. The number of benzene rings is 2. The van der Waals surface area contributed by atoms with Crippen LogP contribution in [0.3, 0.4) is 0 Å². The molecule has 0 saturated carbocycles. The van der Waals surface area contributed by atoms with Crippen LogP contribution < -0.4 is 19.5 Å². The zero-order valence-corrected chi connectivity index (χ0v) is 15.5. The molecular weight excluding hydrogens is 354 g/mol. The fourth-order valence-electron chi connectivity index (χ4n) is 2.70. The molecule has 1 amide bonds. The summed E-state index contributed by atoms with van der Waals surface area (Å²) < 4.78 is 16.9. The van der Waals surface area contributed by atoms with Gasteiger partial charge in [0.05, 0.1) is 31.2 Å². The van der Waals surface area contributed by atoms with Gasteiger partial charge in [0.1, 0.15) is 12.4 Å². The highest BCUT2D eigenvalue weighted by molar-refractivity contribution is 6.32. The highest BCUT2D eigenvalue weighted by Crippen LogP contribution is 2.38. The lowest BCUT2D eigenvalue weighted by Gasteiger charge is -2.12. The molecule has 0 aromatic heterocycles. The van der Waals surface area contributed by atoms with Gasteiger partial charge in [-0.25, -0.2) is 0 Å². The van der Waals surface area contributed by atoms with E-state index in [9.17, 15) is 4.79 Å². The number of halogens is 1. The van der Waals surface area contributed by atoms with Crippen LogP contribution >= 0.6 is 11.6 Å². The van der Waals surface area contributed by atoms with Crippen molar-refractivity contribution >= 4 is 17.5 Å². The number of fused-ring (bicyclic) bond motifs is 1. The van der Waals surface area contributed by atoms with E-state index >= 15 is 0 Å². The molecule has 0 spiro atoms. The third kappa shape index (κ3) is 4.82. The Balaban J connectivity index is 1.50. The minimum Gasteiger partial charge on any atom is -0.491 e. The summed E-state index contributed by atoms with van der Waals surface area (Å²) in [5.41, 5.74) is 1.86. The number of hydrogen-bond donors (Lipinski definition) is 1. The molecule has 0 atom stereocenters. The predicted octanol–water partition coefficient (Wildman–Crippen LogP) is 3.55. The average Bonchev–Trinajstić information content (AvgIpc) is 2.86. The lowest BCUT2D eigenvalue weighted by Crippen LogP contribution is -2.29. The van der Waals surface area contributed by atoms with Crippen molar-refractivity contribution in [2.75, 3.05) is 26.4 Å². The molecule has 26 heavy (non-hydrogen) atoms. The Morgan fingerprint density at radius 3 is 2.88 bits per heavy atom. The van der Waals surface area contributed by atoms with Gasteiger partial charge in [0, 0.05) is 6.42 Å². The molecule has 1 aliphatic rings. The van der Waals surface area contributed by atoms with Crippen LogP contribution in [0.1, 0.15) is 17.5 Å². The van der Waals surface area contributed by atoms with E-state index < -0.39 is 0 Å². The Morgan fingerprint density at radius 2 is 2.04 bits per heavy atom. The van der Waals surface area contributed by atoms with E-state index in [1.165, 1.54) is 0 Å². The van der Waals surface area contributed by atoms with Gasteiger partial charge >= 0.3 is 0 Å². The molecule has 1 aliphatic heterocycles. The van der Waals surface area contributed by atoms with Crippen molar-refractivity contribution in [1.82, 2.24) is 5.32 Å². The van der Waals surface area contributed by atoms with Crippen LogP contribution in [0.4, 0.5) is 0 Å². The van der Waals surface area contributed by atoms with Crippen molar-refractivity contribution in [3.8, 4) is 17.2 Å². The maximum atomic E-state index is 12.2. The number of carbonyl (C=O) groups excluding carboxylic acids is 1. The molecule has 6 heteroatoms. The SMILES string of the molecule is Cc1ccccc1OCCNC(=O)Cc1cc(Cl)c2c(c1)OCCCO2. The Hall–Kier alpha value is -2.40. The van der Waals surface area contributed by atoms with Crippen LogP contribution in [-0.4, -0.2) is 32.3 Å². The first kappa shape index (κ1) is 18.4. The number of hydrogen-bond acceptors (Lipinski definition) is 4. The predicted molar refractivity (Wildman–Crippen MR) is 100 cm³/mol. The van der Waals surface area contributed by atoms with Gasteiger partial charge in [0.15, 0.2) is 11.5 Å². The summed E-state index contributed by atoms with van der Waals surface area (Å²) in [6, 6.07) is 11.4. The maximum absolute atomic E-state index is 12.2. The summed E-state index contributed by atoms with van der Waals surface area (Å²) in [6.45, 7) is 3.99. The molecule has 138 valence electrons. The smallest absolute Gasteiger partial charge is 0.224 e. The van der Waals surface area contributed by atoms with E-state index in [1.807, 2.05) is 37.3 Å². The van der Waals surface area contributed by atoms with Gasteiger partial charge in [-0.1, -0.05) is 29.8 Å². The second kappa shape index (κ2) is 8.81. The maximum Gasteiger partial charge on any atom is 0.224 e. The van der Waals surface area contributed by atoms with Crippen LogP contribution in [0, 0.1) is 6.92 Å². The number of ether oxygens (including phenoxy) is 3. The van der Waals surface area contributed by atoms with E-state index in [4.69, 9.17) is 25.8 Å². The summed E-state index contributed by atoms with van der Waals surface area (Å²) in [4.78, 5) is 12.2. The van der Waals surface area contributed by atoms with Gasteiger partial charge in [-0.15, -0.1) is 0 Å². The van der Waals surface area contributed by atoms with Gasteiger partial charge in [-0.3, -0.25) is 4.79 Å². The average molecular weight is 376 g/mol. The fourth-order valence-corrected chi connectivity index (χ4v) is 2.99. The second-order valence-corrected chi connectivity index (χ2v) is 6.50. The van der Waals surface area contributed by atoms with Crippen LogP contribution in [-0.2, 0) is 11.2 Å². The highest BCUT2D eigenvalue weighted by Gasteiger charge is 2.16. The summed E-state index contributed by atoms with van der Waals surface area (Å²) in [7, 11) is 0. The van der Waals surface area contributed by atoms with Crippen LogP contribution in [0.2, 0.25) is 5.02 Å². The van der Waals surface area contributed by atoms with Gasteiger partial charge in [-0.05, 0) is 36.2 Å². The third-order valence-corrected chi connectivity index (χ3v) is 4.28. The minimum absolute atomic E-state index is 0.0936. The first-order chi connectivity index (χ1) is 12.6. The molecular formula is C20H22ClNO4. The highest BCUT2D eigenvalue weighted by atomic mass is 35.5. The van der Waals surface area contributed by atoms with Gasteiger partial charge in [-0.2, -0.15) is 0 Å². The van der Waals surface area contributed by atoms with E-state index in [2.05, 4.69) is 5.32 Å². The number of carbonyl (C=O) groups is 1. The molecule has 3 rings (SSSR count). The number of aryl methyl sites for hydroxylation is 1. The number of para-hydroxylation sites is 1. The zero-order chi connectivity index (χ0) is 18.4. The molecule has 0 saturated heterocycles. The Labute approximate surface area is 158 Å². The van der Waals surface area contributed by atoms with Crippen molar-refractivity contribution in [2.45, 2.75) is 19.8 Å². The Morgan fingerprint density at radius 1 is 1.23 bits per heavy atom. The molecule has 5 nitrogen and oxygen atoms in total. The molecule has 0 unspecified atom stereocenters. The molecule has 0 radical (unpaired) electrons. The molecule has 0 aliphatic carbocycles. The number of nitrogens with one attached hydrogen (secondary N) is 1.